The van der Waals surface area contributed by atoms with E-state index in [-0.39, 0.29) is 5.15 Å². The summed E-state index contributed by atoms with van der Waals surface area (Å²) in [5.41, 5.74) is 1.24. The van der Waals surface area contributed by atoms with Crippen LogP contribution >= 0.6 is 27.5 Å². The van der Waals surface area contributed by atoms with Gasteiger partial charge in [0.2, 0.25) is 0 Å². The Morgan fingerprint density at radius 1 is 1.64 bits per heavy atom. The lowest BCUT2D eigenvalue weighted by molar-refractivity contribution is 1.17. The summed E-state index contributed by atoms with van der Waals surface area (Å²) in [7, 11) is 0. The number of nitrogens with zero attached hydrogens (tertiary/aromatic N) is 2. The number of rotatable bonds is 1. The van der Waals surface area contributed by atoms with Gasteiger partial charge in [-0.15, -0.1) is 0 Å². The van der Waals surface area contributed by atoms with E-state index < -0.39 is 0 Å². The molecule has 1 aromatic rings. The molecule has 1 heterocycles. The average Bonchev–Trinajstić information content (AvgIpc) is 2.04. The molecule has 0 amide bonds. The molecule has 0 fully saturated rings. The minimum Gasteiger partial charge on any atom is -0.239 e. The van der Waals surface area contributed by atoms with Crippen LogP contribution in [0.1, 0.15) is 11.3 Å². The maximum Gasteiger partial charge on any atom is 0.147 e. The summed E-state index contributed by atoms with van der Waals surface area (Å²) < 4.78 is 0. The van der Waals surface area contributed by atoms with Gasteiger partial charge < -0.3 is 0 Å². The fourth-order valence-electron chi connectivity index (χ4n) is 0.630. The van der Waals surface area contributed by atoms with Crippen molar-refractivity contribution >= 4 is 27.5 Å². The summed E-state index contributed by atoms with van der Waals surface area (Å²) in [5.74, 6) is 0. The van der Waals surface area contributed by atoms with Gasteiger partial charge in [-0.3, -0.25) is 0 Å². The van der Waals surface area contributed by atoms with Gasteiger partial charge >= 0.3 is 0 Å². The Balaban J connectivity index is 3.12. The van der Waals surface area contributed by atoms with Crippen molar-refractivity contribution in [1.82, 2.24) is 4.98 Å². The molecule has 0 aliphatic heterocycles. The maximum atomic E-state index is 8.50. The van der Waals surface area contributed by atoms with E-state index in [9.17, 15) is 0 Å². The molecule has 0 saturated heterocycles. The van der Waals surface area contributed by atoms with Crippen LogP contribution in [0.15, 0.2) is 12.1 Å². The van der Waals surface area contributed by atoms with Crippen molar-refractivity contribution in [3.63, 3.8) is 0 Å². The van der Waals surface area contributed by atoms with Crippen molar-refractivity contribution < 1.29 is 0 Å². The molecule has 11 heavy (non-hydrogen) atoms. The SMILES string of the molecule is N#Cc1ccc(CBr)nc1Cl. The Kier molecular flexibility index (Phi) is 2.86. The fourth-order valence-corrected chi connectivity index (χ4v) is 1.16. The number of aromatic nitrogens is 1. The van der Waals surface area contributed by atoms with Gasteiger partial charge in [0.05, 0.1) is 11.3 Å². The minimum absolute atomic E-state index is 0.268. The molecule has 0 bridgehead atoms. The summed E-state index contributed by atoms with van der Waals surface area (Å²) in [6.45, 7) is 0. The van der Waals surface area contributed by atoms with Crippen LogP contribution in [0, 0.1) is 11.3 Å². The topological polar surface area (TPSA) is 36.7 Å². The highest BCUT2D eigenvalue weighted by Gasteiger charge is 2.00. The first kappa shape index (κ1) is 8.51. The molecule has 56 valence electrons. The van der Waals surface area contributed by atoms with Crippen LogP contribution in [0.25, 0.3) is 0 Å². The monoisotopic (exact) mass is 230 g/mol. The van der Waals surface area contributed by atoms with Gasteiger partial charge in [0.15, 0.2) is 0 Å². The van der Waals surface area contributed by atoms with Crippen molar-refractivity contribution in [2.45, 2.75) is 5.33 Å². The van der Waals surface area contributed by atoms with E-state index in [1.165, 1.54) is 0 Å². The van der Waals surface area contributed by atoms with Crippen LogP contribution in [-0.2, 0) is 5.33 Å². The number of halogens is 2. The highest BCUT2D eigenvalue weighted by atomic mass is 79.9. The zero-order valence-electron chi connectivity index (χ0n) is 5.51. The smallest absolute Gasteiger partial charge is 0.147 e. The number of pyridine rings is 1. The van der Waals surface area contributed by atoms with E-state index >= 15 is 0 Å². The Morgan fingerprint density at radius 3 is 2.82 bits per heavy atom. The molecule has 0 aromatic carbocycles. The summed E-state index contributed by atoms with van der Waals surface area (Å²) in [4.78, 5) is 3.96. The Bertz CT molecular complexity index is 306. The molecular formula is C7H4BrClN2. The van der Waals surface area contributed by atoms with E-state index in [0.29, 0.717) is 10.9 Å². The molecule has 1 rings (SSSR count). The number of hydrogen-bond donors (Lipinski definition) is 0. The van der Waals surface area contributed by atoms with E-state index in [2.05, 4.69) is 20.9 Å². The molecular weight excluding hydrogens is 227 g/mol. The van der Waals surface area contributed by atoms with Gasteiger partial charge in [0, 0.05) is 5.33 Å². The second kappa shape index (κ2) is 3.70. The van der Waals surface area contributed by atoms with Crippen molar-refractivity contribution in [3.05, 3.63) is 28.5 Å². The lowest BCUT2D eigenvalue weighted by atomic mass is 10.3. The van der Waals surface area contributed by atoms with Crippen molar-refractivity contribution in [1.29, 1.82) is 5.26 Å². The van der Waals surface area contributed by atoms with Gasteiger partial charge in [0.25, 0.3) is 0 Å². The zero-order chi connectivity index (χ0) is 8.27. The third kappa shape index (κ3) is 1.92. The quantitative estimate of drug-likeness (QED) is 0.550. The summed E-state index contributed by atoms with van der Waals surface area (Å²) in [5, 5.41) is 9.42. The van der Waals surface area contributed by atoms with Crippen molar-refractivity contribution in [2.24, 2.45) is 0 Å². The summed E-state index contributed by atoms with van der Waals surface area (Å²) >= 11 is 8.89. The first-order valence-corrected chi connectivity index (χ1v) is 4.39. The molecule has 2 nitrogen and oxygen atoms in total. The van der Waals surface area contributed by atoms with Gasteiger partial charge in [-0.1, -0.05) is 27.5 Å². The van der Waals surface area contributed by atoms with Crippen LogP contribution in [0.4, 0.5) is 0 Å². The number of hydrogen-bond acceptors (Lipinski definition) is 2. The predicted molar refractivity (Wildman–Crippen MR) is 46.6 cm³/mol. The van der Waals surface area contributed by atoms with Gasteiger partial charge in [0.1, 0.15) is 11.2 Å². The Morgan fingerprint density at radius 2 is 2.36 bits per heavy atom. The Hall–Kier alpha value is -0.590. The molecule has 4 heteroatoms. The highest BCUT2D eigenvalue weighted by Crippen LogP contribution is 2.13. The van der Waals surface area contributed by atoms with Crippen LogP contribution in [0.3, 0.4) is 0 Å². The summed E-state index contributed by atoms with van der Waals surface area (Å²) in [6, 6.07) is 5.36. The normalized spacial score (nSPS) is 9.18. The van der Waals surface area contributed by atoms with Crippen LogP contribution < -0.4 is 0 Å². The second-order valence-corrected chi connectivity index (χ2v) is 2.81. The van der Waals surface area contributed by atoms with Gasteiger partial charge in [-0.2, -0.15) is 5.26 Å². The molecule has 0 spiro atoms. The lowest BCUT2D eigenvalue weighted by Gasteiger charge is -1.95. The van der Waals surface area contributed by atoms with E-state index in [1.807, 2.05) is 6.07 Å². The first-order chi connectivity index (χ1) is 5.27. The van der Waals surface area contributed by atoms with Crippen LogP contribution in [0.2, 0.25) is 5.15 Å². The molecule has 0 atom stereocenters. The van der Waals surface area contributed by atoms with E-state index in [4.69, 9.17) is 16.9 Å². The van der Waals surface area contributed by atoms with Crippen LogP contribution in [-0.4, -0.2) is 4.98 Å². The molecule has 0 saturated carbocycles. The van der Waals surface area contributed by atoms with E-state index in [0.717, 1.165) is 5.69 Å². The minimum atomic E-state index is 0.268. The van der Waals surface area contributed by atoms with Crippen molar-refractivity contribution in [3.8, 4) is 6.07 Å². The standard InChI is InChI=1S/C7H4BrClN2/c8-3-6-2-1-5(4-10)7(9)11-6/h1-2H,3H2. The molecule has 0 unspecified atom stereocenters. The zero-order valence-corrected chi connectivity index (χ0v) is 7.85. The molecule has 0 radical (unpaired) electrons. The second-order valence-electron chi connectivity index (χ2n) is 1.89. The maximum absolute atomic E-state index is 8.50. The highest BCUT2D eigenvalue weighted by molar-refractivity contribution is 9.08. The number of alkyl halides is 1. The largest absolute Gasteiger partial charge is 0.239 e. The average molecular weight is 231 g/mol. The molecule has 0 N–H and O–H groups in total. The van der Waals surface area contributed by atoms with Crippen LogP contribution in [0.5, 0.6) is 0 Å². The number of nitriles is 1. The third-order valence-electron chi connectivity index (χ3n) is 1.16. The molecule has 0 aliphatic rings. The van der Waals surface area contributed by atoms with Gasteiger partial charge in [-0.25, -0.2) is 4.98 Å². The lowest BCUT2D eigenvalue weighted by Crippen LogP contribution is -1.87. The van der Waals surface area contributed by atoms with Gasteiger partial charge in [-0.05, 0) is 12.1 Å². The first-order valence-electron chi connectivity index (χ1n) is 2.89. The predicted octanol–water partition coefficient (Wildman–Crippen LogP) is 2.50. The van der Waals surface area contributed by atoms with Crippen molar-refractivity contribution in [2.75, 3.05) is 0 Å². The fraction of sp³-hybridized carbons (Fsp3) is 0.143. The third-order valence-corrected chi connectivity index (χ3v) is 2.03. The van der Waals surface area contributed by atoms with E-state index in [1.54, 1.807) is 12.1 Å². The molecule has 1 aromatic heterocycles. The molecule has 0 aliphatic carbocycles. The Labute approximate surface area is 77.9 Å². The summed E-state index contributed by atoms with van der Waals surface area (Å²) in [6.07, 6.45) is 0.